The molecule has 0 aliphatic rings. The van der Waals surface area contributed by atoms with Gasteiger partial charge in [0, 0.05) is 28.6 Å². The molecule has 0 unspecified atom stereocenters. The molecule has 3 aromatic rings. The molecule has 0 saturated heterocycles. The number of carbonyl (C=O) groups excluding carboxylic acids is 3. The fraction of sp³-hybridized carbons (Fsp3) is 0.227. The van der Waals surface area contributed by atoms with Crippen LogP contribution in [0.15, 0.2) is 52.9 Å². The standard InChI is InChI=1S/C22H21NO5/c1-3-6-20(25)23-16-11-9-15(10-12-16)18(24)13-27-22(26)21-14(2)17-7-4-5-8-19(17)28-21/h4-5,7-12H,3,6,13H2,1-2H3,(H,23,25). The highest BCUT2D eigenvalue weighted by Crippen LogP contribution is 2.25. The summed E-state index contributed by atoms with van der Waals surface area (Å²) < 4.78 is 10.7. The van der Waals surface area contributed by atoms with E-state index in [9.17, 15) is 14.4 Å². The van der Waals surface area contributed by atoms with E-state index < -0.39 is 12.6 Å². The first kappa shape index (κ1) is 19.4. The quantitative estimate of drug-likeness (QED) is 0.482. The van der Waals surface area contributed by atoms with E-state index in [1.165, 1.54) is 0 Å². The van der Waals surface area contributed by atoms with Crippen molar-refractivity contribution in [1.82, 2.24) is 0 Å². The summed E-state index contributed by atoms with van der Waals surface area (Å²) in [5.41, 5.74) is 2.28. The minimum Gasteiger partial charge on any atom is -0.451 e. The van der Waals surface area contributed by atoms with Gasteiger partial charge in [0.1, 0.15) is 5.58 Å². The number of Topliss-reactive ketones (excluding diaryl/α,β-unsaturated/α-hetero) is 1. The van der Waals surface area contributed by atoms with Gasteiger partial charge in [-0.15, -0.1) is 0 Å². The Morgan fingerprint density at radius 1 is 1.04 bits per heavy atom. The van der Waals surface area contributed by atoms with E-state index in [4.69, 9.17) is 9.15 Å². The van der Waals surface area contributed by atoms with Crippen LogP contribution in [0.1, 0.15) is 46.2 Å². The average Bonchev–Trinajstić information content (AvgIpc) is 3.03. The molecule has 1 aromatic heterocycles. The molecule has 0 atom stereocenters. The van der Waals surface area contributed by atoms with Crippen molar-refractivity contribution in [2.75, 3.05) is 11.9 Å². The van der Waals surface area contributed by atoms with E-state index in [0.717, 1.165) is 11.8 Å². The lowest BCUT2D eigenvalue weighted by Crippen LogP contribution is -2.15. The number of para-hydroxylation sites is 1. The number of ketones is 1. The molecule has 6 nitrogen and oxygen atoms in total. The second-order valence-electron chi connectivity index (χ2n) is 6.43. The van der Waals surface area contributed by atoms with Crippen LogP contribution in [0.4, 0.5) is 5.69 Å². The highest BCUT2D eigenvalue weighted by molar-refractivity contribution is 6.01. The van der Waals surface area contributed by atoms with Crippen LogP contribution in [0.2, 0.25) is 0 Å². The van der Waals surface area contributed by atoms with Crippen LogP contribution in [0, 0.1) is 6.92 Å². The molecule has 3 rings (SSSR count). The summed E-state index contributed by atoms with van der Waals surface area (Å²) >= 11 is 0. The molecule has 0 bridgehead atoms. The average molecular weight is 379 g/mol. The van der Waals surface area contributed by atoms with E-state index in [1.54, 1.807) is 37.3 Å². The highest BCUT2D eigenvalue weighted by atomic mass is 16.5. The fourth-order valence-electron chi connectivity index (χ4n) is 2.84. The van der Waals surface area contributed by atoms with Crippen LogP contribution in [-0.4, -0.2) is 24.3 Å². The number of hydrogen-bond donors (Lipinski definition) is 1. The maximum absolute atomic E-state index is 12.3. The lowest BCUT2D eigenvalue weighted by Gasteiger charge is -2.06. The topological polar surface area (TPSA) is 85.6 Å². The summed E-state index contributed by atoms with van der Waals surface area (Å²) in [7, 11) is 0. The summed E-state index contributed by atoms with van der Waals surface area (Å²) in [6.07, 6.45) is 1.20. The van der Waals surface area contributed by atoms with Gasteiger partial charge in [-0.25, -0.2) is 4.79 Å². The molecule has 0 fully saturated rings. The molecule has 28 heavy (non-hydrogen) atoms. The molecule has 2 aromatic carbocycles. The zero-order valence-electron chi connectivity index (χ0n) is 15.8. The fourth-order valence-corrected chi connectivity index (χ4v) is 2.84. The monoisotopic (exact) mass is 379 g/mol. The molecule has 0 spiro atoms. The number of furan rings is 1. The SMILES string of the molecule is CCCC(=O)Nc1ccc(C(=O)COC(=O)c2oc3ccccc3c2C)cc1. The van der Waals surface area contributed by atoms with Gasteiger partial charge in [0.2, 0.25) is 11.7 Å². The molecular formula is C22H21NO5. The Labute approximate surface area is 162 Å². The van der Waals surface area contributed by atoms with Gasteiger partial charge in [0.05, 0.1) is 0 Å². The van der Waals surface area contributed by atoms with E-state index >= 15 is 0 Å². The molecule has 1 heterocycles. The number of carbonyl (C=O) groups is 3. The van der Waals surface area contributed by atoms with Crippen molar-refractivity contribution in [1.29, 1.82) is 0 Å². The van der Waals surface area contributed by atoms with Crippen LogP contribution < -0.4 is 5.32 Å². The van der Waals surface area contributed by atoms with Crippen molar-refractivity contribution >= 4 is 34.3 Å². The predicted octanol–water partition coefficient (Wildman–Crippen LogP) is 4.52. The third kappa shape index (κ3) is 4.28. The number of amides is 1. The van der Waals surface area contributed by atoms with E-state index in [1.807, 2.05) is 25.1 Å². The van der Waals surface area contributed by atoms with Gasteiger partial charge in [-0.05, 0) is 43.7 Å². The molecule has 0 aliphatic carbocycles. The minimum absolute atomic E-state index is 0.0725. The van der Waals surface area contributed by atoms with Gasteiger partial charge >= 0.3 is 5.97 Å². The largest absolute Gasteiger partial charge is 0.451 e. The molecule has 1 N–H and O–H groups in total. The van der Waals surface area contributed by atoms with Crippen molar-refractivity contribution in [3.63, 3.8) is 0 Å². The number of benzene rings is 2. The van der Waals surface area contributed by atoms with Crippen molar-refractivity contribution in [3.05, 3.63) is 65.4 Å². The zero-order chi connectivity index (χ0) is 20.1. The smallest absolute Gasteiger partial charge is 0.375 e. The summed E-state index contributed by atoms with van der Waals surface area (Å²) in [6, 6.07) is 13.8. The molecule has 6 heteroatoms. The number of aryl methyl sites for hydroxylation is 1. The third-order valence-corrected chi connectivity index (χ3v) is 4.33. The lowest BCUT2D eigenvalue weighted by atomic mass is 10.1. The van der Waals surface area contributed by atoms with Crippen LogP contribution in [0.25, 0.3) is 11.0 Å². The summed E-state index contributed by atoms with van der Waals surface area (Å²) in [5, 5.41) is 3.59. The number of fused-ring (bicyclic) bond motifs is 1. The molecule has 0 saturated carbocycles. The van der Waals surface area contributed by atoms with Crippen LogP contribution in [-0.2, 0) is 9.53 Å². The first-order valence-corrected chi connectivity index (χ1v) is 9.08. The Balaban J connectivity index is 1.61. The van der Waals surface area contributed by atoms with Gasteiger partial charge in [0.25, 0.3) is 0 Å². The minimum atomic E-state index is -0.675. The first-order valence-electron chi connectivity index (χ1n) is 9.08. The number of ether oxygens (including phenoxy) is 1. The first-order chi connectivity index (χ1) is 13.5. The molecule has 0 radical (unpaired) electrons. The summed E-state index contributed by atoms with van der Waals surface area (Å²) in [4.78, 5) is 36.2. The Kier molecular flexibility index (Phi) is 5.89. The van der Waals surface area contributed by atoms with E-state index in [-0.39, 0.29) is 17.5 Å². The second-order valence-corrected chi connectivity index (χ2v) is 6.43. The Hall–Kier alpha value is -3.41. The van der Waals surface area contributed by atoms with Gasteiger partial charge in [0.15, 0.2) is 12.4 Å². The van der Waals surface area contributed by atoms with Gasteiger partial charge in [-0.1, -0.05) is 25.1 Å². The molecule has 1 amide bonds. The highest BCUT2D eigenvalue weighted by Gasteiger charge is 2.20. The number of nitrogens with one attached hydrogen (secondary N) is 1. The summed E-state index contributed by atoms with van der Waals surface area (Å²) in [6.45, 7) is 3.31. The zero-order valence-corrected chi connectivity index (χ0v) is 15.8. The second kappa shape index (κ2) is 8.52. The lowest BCUT2D eigenvalue weighted by molar-refractivity contribution is -0.116. The molecular weight excluding hydrogens is 358 g/mol. The van der Waals surface area contributed by atoms with Crippen molar-refractivity contribution < 1.29 is 23.5 Å². The number of hydrogen-bond acceptors (Lipinski definition) is 5. The van der Waals surface area contributed by atoms with Crippen molar-refractivity contribution in [3.8, 4) is 0 Å². The Bertz CT molecular complexity index is 1020. The number of rotatable bonds is 7. The predicted molar refractivity (Wildman–Crippen MR) is 106 cm³/mol. The van der Waals surface area contributed by atoms with E-state index in [2.05, 4.69) is 5.32 Å². The van der Waals surface area contributed by atoms with Crippen LogP contribution in [0.5, 0.6) is 0 Å². The third-order valence-electron chi connectivity index (χ3n) is 4.33. The van der Waals surface area contributed by atoms with Crippen LogP contribution in [0.3, 0.4) is 0 Å². The maximum Gasteiger partial charge on any atom is 0.375 e. The van der Waals surface area contributed by atoms with Gasteiger partial charge in [-0.2, -0.15) is 0 Å². The van der Waals surface area contributed by atoms with Gasteiger partial charge in [-0.3, -0.25) is 9.59 Å². The van der Waals surface area contributed by atoms with E-state index in [0.29, 0.717) is 28.8 Å². The maximum atomic E-state index is 12.3. The Morgan fingerprint density at radius 2 is 1.75 bits per heavy atom. The number of anilines is 1. The van der Waals surface area contributed by atoms with Crippen molar-refractivity contribution in [2.45, 2.75) is 26.7 Å². The Morgan fingerprint density at radius 3 is 2.43 bits per heavy atom. The van der Waals surface area contributed by atoms with Crippen molar-refractivity contribution in [2.24, 2.45) is 0 Å². The summed E-state index contributed by atoms with van der Waals surface area (Å²) in [5.74, 6) is -0.987. The van der Waals surface area contributed by atoms with Gasteiger partial charge < -0.3 is 14.5 Å². The number of esters is 1. The van der Waals surface area contributed by atoms with Crippen LogP contribution >= 0.6 is 0 Å². The molecule has 0 aliphatic heterocycles. The molecule has 144 valence electrons. The normalized spacial score (nSPS) is 10.6.